The van der Waals surface area contributed by atoms with Crippen LogP contribution in [0.2, 0.25) is 0 Å². The van der Waals surface area contributed by atoms with Crippen LogP contribution in [-0.4, -0.2) is 34.7 Å². The molecule has 0 aromatic heterocycles. The Morgan fingerprint density at radius 1 is 1.26 bits per heavy atom. The highest BCUT2D eigenvalue weighted by Gasteiger charge is 2.31. The van der Waals surface area contributed by atoms with Crippen LogP contribution in [-0.2, 0) is 10.0 Å². The van der Waals surface area contributed by atoms with Crippen LogP contribution in [0.1, 0.15) is 12.8 Å². The molecule has 0 saturated heterocycles. The lowest BCUT2D eigenvalue weighted by molar-refractivity contribution is 0.326. The van der Waals surface area contributed by atoms with Crippen molar-refractivity contribution in [2.75, 3.05) is 14.2 Å². The molecular formula is C12H18N2O4S. The predicted molar refractivity (Wildman–Crippen MR) is 70.9 cm³/mol. The van der Waals surface area contributed by atoms with Crippen molar-refractivity contribution in [2.45, 2.75) is 29.8 Å². The van der Waals surface area contributed by atoms with E-state index in [2.05, 4.69) is 4.72 Å². The molecule has 1 aromatic carbocycles. The number of rotatable bonds is 5. The molecule has 7 heteroatoms. The third-order valence-electron chi connectivity index (χ3n) is 3.16. The van der Waals surface area contributed by atoms with Gasteiger partial charge in [-0.15, -0.1) is 0 Å². The van der Waals surface area contributed by atoms with E-state index in [-0.39, 0.29) is 22.7 Å². The summed E-state index contributed by atoms with van der Waals surface area (Å²) in [7, 11) is -0.663. The van der Waals surface area contributed by atoms with E-state index < -0.39 is 10.0 Å². The molecule has 0 heterocycles. The zero-order valence-corrected chi connectivity index (χ0v) is 11.7. The number of benzene rings is 1. The van der Waals surface area contributed by atoms with Gasteiger partial charge in [0.2, 0.25) is 10.0 Å². The van der Waals surface area contributed by atoms with Gasteiger partial charge in [0.15, 0.2) is 0 Å². The maximum Gasteiger partial charge on any atom is 0.244 e. The van der Waals surface area contributed by atoms with E-state index >= 15 is 0 Å². The van der Waals surface area contributed by atoms with Crippen molar-refractivity contribution in [3.8, 4) is 11.5 Å². The summed E-state index contributed by atoms with van der Waals surface area (Å²) < 4.78 is 37.3. The zero-order valence-electron chi connectivity index (χ0n) is 10.9. The van der Waals surface area contributed by atoms with Gasteiger partial charge in [-0.25, -0.2) is 13.1 Å². The lowest BCUT2D eigenvalue weighted by Gasteiger charge is -2.32. The van der Waals surface area contributed by atoms with Crippen molar-refractivity contribution in [1.29, 1.82) is 0 Å². The Morgan fingerprint density at radius 2 is 1.95 bits per heavy atom. The van der Waals surface area contributed by atoms with Crippen molar-refractivity contribution in [3.05, 3.63) is 18.2 Å². The summed E-state index contributed by atoms with van der Waals surface area (Å²) >= 11 is 0. The second-order valence-corrected chi connectivity index (χ2v) is 6.25. The highest BCUT2D eigenvalue weighted by Crippen LogP contribution is 2.29. The highest BCUT2D eigenvalue weighted by molar-refractivity contribution is 7.89. The van der Waals surface area contributed by atoms with Gasteiger partial charge in [0.25, 0.3) is 0 Å². The van der Waals surface area contributed by atoms with Gasteiger partial charge in [-0.1, -0.05) is 0 Å². The lowest BCUT2D eigenvalue weighted by Crippen LogP contribution is -2.50. The molecular weight excluding hydrogens is 268 g/mol. The fourth-order valence-electron chi connectivity index (χ4n) is 2.04. The summed E-state index contributed by atoms with van der Waals surface area (Å²) in [6.07, 6.45) is 1.33. The average molecular weight is 286 g/mol. The van der Waals surface area contributed by atoms with Gasteiger partial charge in [-0.05, 0) is 25.0 Å². The Hall–Kier alpha value is -1.31. The molecule has 0 spiro atoms. The topological polar surface area (TPSA) is 90.7 Å². The van der Waals surface area contributed by atoms with Gasteiger partial charge in [0.05, 0.1) is 14.2 Å². The summed E-state index contributed by atoms with van der Waals surface area (Å²) in [6.45, 7) is 0. The first-order valence-corrected chi connectivity index (χ1v) is 7.44. The fourth-order valence-corrected chi connectivity index (χ4v) is 3.45. The molecule has 0 amide bonds. The Balaban J connectivity index is 2.24. The van der Waals surface area contributed by atoms with Gasteiger partial charge in [-0.2, -0.15) is 0 Å². The smallest absolute Gasteiger partial charge is 0.244 e. The minimum Gasteiger partial charge on any atom is -0.497 e. The highest BCUT2D eigenvalue weighted by atomic mass is 32.2. The Morgan fingerprint density at radius 3 is 2.47 bits per heavy atom. The summed E-state index contributed by atoms with van der Waals surface area (Å²) in [6, 6.07) is 4.60. The van der Waals surface area contributed by atoms with Crippen molar-refractivity contribution in [2.24, 2.45) is 5.73 Å². The summed E-state index contributed by atoms with van der Waals surface area (Å²) in [5.41, 5.74) is 5.64. The largest absolute Gasteiger partial charge is 0.497 e. The molecule has 0 aliphatic heterocycles. The summed E-state index contributed by atoms with van der Waals surface area (Å²) in [4.78, 5) is 0.108. The zero-order chi connectivity index (χ0) is 14.0. The van der Waals surface area contributed by atoms with E-state index in [0.29, 0.717) is 18.6 Å². The number of nitrogens with one attached hydrogen (secondary N) is 1. The molecule has 6 nitrogen and oxygen atoms in total. The molecule has 3 N–H and O–H groups in total. The first kappa shape index (κ1) is 14.1. The minimum atomic E-state index is -3.60. The first-order valence-electron chi connectivity index (χ1n) is 5.96. The van der Waals surface area contributed by atoms with Crippen LogP contribution >= 0.6 is 0 Å². The van der Waals surface area contributed by atoms with E-state index in [0.717, 1.165) is 0 Å². The molecule has 1 saturated carbocycles. The number of sulfonamides is 1. The fraction of sp³-hybridized carbons (Fsp3) is 0.500. The first-order chi connectivity index (χ1) is 8.96. The molecule has 1 fully saturated rings. The van der Waals surface area contributed by atoms with Crippen LogP contribution in [0.5, 0.6) is 11.5 Å². The van der Waals surface area contributed by atoms with E-state index in [1.807, 2.05) is 0 Å². The molecule has 0 atom stereocenters. The van der Waals surface area contributed by atoms with Crippen molar-refractivity contribution >= 4 is 10.0 Å². The second kappa shape index (κ2) is 5.36. The number of methoxy groups -OCH3 is 2. The second-order valence-electron chi connectivity index (χ2n) is 4.57. The van der Waals surface area contributed by atoms with Crippen LogP contribution in [0.25, 0.3) is 0 Å². The quantitative estimate of drug-likeness (QED) is 0.821. The molecule has 1 aromatic rings. The van der Waals surface area contributed by atoms with E-state index in [4.69, 9.17) is 15.2 Å². The third-order valence-corrected chi connectivity index (χ3v) is 4.72. The molecule has 0 radical (unpaired) electrons. The average Bonchev–Trinajstić information content (AvgIpc) is 2.35. The van der Waals surface area contributed by atoms with Gasteiger partial charge in [0, 0.05) is 18.2 Å². The Kier molecular flexibility index (Phi) is 3.98. The molecule has 1 aliphatic carbocycles. The third kappa shape index (κ3) is 2.99. The van der Waals surface area contributed by atoms with Gasteiger partial charge < -0.3 is 15.2 Å². The van der Waals surface area contributed by atoms with E-state index in [1.165, 1.54) is 20.3 Å². The van der Waals surface area contributed by atoms with Crippen LogP contribution in [0.3, 0.4) is 0 Å². The Labute approximate surface area is 112 Å². The molecule has 0 unspecified atom stereocenters. The Bertz CT molecular complexity index is 553. The lowest BCUT2D eigenvalue weighted by atomic mass is 9.89. The normalized spacial score (nSPS) is 22.7. The van der Waals surface area contributed by atoms with Crippen LogP contribution in [0, 0.1) is 0 Å². The summed E-state index contributed by atoms with van der Waals surface area (Å²) in [5.74, 6) is 0.803. The van der Waals surface area contributed by atoms with Crippen LogP contribution < -0.4 is 19.9 Å². The molecule has 106 valence electrons. The maximum absolute atomic E-state index is 12.2. The number of hydrogen-bond acceptors (Lipinski definition) is 5. The predicted octanol–water partition coefficient (Wildman–Crippen LogP) is 0.472. The molecule has 0 bridgehead atoms. The monoisotopic (exact) mass is 286 g/mol. The van der Waals surface area contributed by atoms with Gasteiger partial charge in [-0.3, -0.25) is 0 Å². The minimum absolute atomic E-state index is 0.0884. The van der Waals surface area contributed by atoms with Crippen molar-refractivity contribution in [1.82, 2.24) is 4.72 Å². The summed E-state index contributed by atoms with van der Waals surface area (Å²) in [5, 5.41) is 0. The SMILES string of the molecule is COc1ccc(S(=O)(=O)NC2CC(N)C2)c(OC)c1. The van der Waals surface area contributed by atoms with E-state index in [1.54, 1.807) is 12.1 Å². The van der Waals surface area contributed by atoms with E-state index in [9.17, 15) is 8.42 Å². The molecule has 19 heavy (non-hydrogen) atoms. The van der Waals surface area contributed by atoms with Crippen molar-refractivity contribution in [3.63, 3.8) is 0 Å². The van der Waals surface area contributed by atoms with Gasteiger partial charge in [0.1, 0.15) is 16.4 Å². The molecule has 1 aliphatic rings. The van der Waals surface area contributed by atoms with Crippen molar-refractivity contribution < 1.29 is 17.9 Å². The van der Waals surface area contributed by atoms with Gasteiger partial charge >= 0.3 is 0 Å². The number of nitrogens with two attached hydrogens (primary N) is 1. The number of hydrogen-bond donors (Lipinski definition) is 2. The standard InChI is InChI=1S/C12H18N2O4S/c1-17-10-3-4-12(11(7-10)18-2)19(15,16)14-9-5-8(13)6-9/h3-4,7-9,14H,5-6,13H2,1-2H3. The number of ether oxygens (including phenoxy) is 2. The van der Waals surface area contributed by atoms with Crippen LogP contribution in [0.15, 0.2) is 23.1 Å². The molecule has 2 rings (SSSR count). The maximum atomic E-state index is 12.2. The van der Waals surface area contributed by atoms with Crippen LogP contribution in [0.4, 0.5) is 0 Å².